The monoisotopic (exact) mass is 249 g/mol. The predicted molar refractivity (Wildman–Crippen MR) is 55.3 cm³/mol. The summed E-state index contributed by atoms with van der Waals surface area (Å²) in [4.78, 5) is 1.18. The van der Waals surface area contributed by atoms with Crippen LogP contribution in [0.15, 0.2) is 15.9 Å². The first kappa shape index (κ1) is 10.2. The highest BCUT2D eigenvalue weighted by molar-refractivity contribution is 9.11. The number of hydrogen-bond donors (Lipinski definition) is 2. The summed E-state index contributed by atoms with van der Waals surface area (Å²) in [7, 11) is 0. The lowest BCUT2D eigenvalue weighted by atomic mass is 10.1. The van der Waals surface area contributed by atoms with E-state index in [1.54, 1.807) is 11.3 Å². The Hall–Kier alpha value is 0.1000. The molecule has 0 aliphatic rings. The van der Waals surface area contributed by atoms with Crippen molar-refractivity contribution < 1.29 is 5.11 Å². The second kappa shape index (κ2) is 4.97. The van der Waals surface area contributed by atoms with E-state index in [1.165, 1.54) is 4.88 Å². The molecule has 0 saturated carbocycles. The molecular weight excluding hydrogens is 238 g/mol. The summed E-state index contributed by atoms with van der Waals surface area (Å²) in [6.07, 6.45) is 1.63. The van der Waals surface area contributed by atoms with Gasteiger partial charge in [0.15, 0.2) is 0 Å². The molecule has 1 heterocycles. The molecule has 0 unspecified atom stereocenters. The first-order chi connectivity index (χ1) is 5.74. The van der Waals surface area contributed by atoms with Gasteiger partial charge in [-0.25, -0.2) is 0 Å². The molecule has 1 aromatic rings. The van der Waals surface area contributed by atoms with Gasteiger partial charge in [-0.1, -0.05) is 0 Å². The molecular formula is C8H12BrNOS. The van der Waals surface area contributed by atoms with Gasteiger partial charge in [-0.3, -0.25) is 0 Å². The van der Waals surface area contributed by atoms with Crippen molar-refractivity contribution in [2.45, 2.75) is 18.9 Å². The Balaban J connectivity index is 2.47. The van der Waals surface area contributed by atoms with Crippen molar-refractivity contribution in [1.82, 2.24) is 0 Å². The van der Waals surface area contributed by atoms with Gasteiger partial charge in [0.1, 0.15) is 0 Å². The Kier molecular flexibility index (Phi) is 4.21. The van der Waals surface area contributed by atoms with Gasteiger partial charge in [-0.2, -0.15) is 0 Å². The summed E-state index contributed by atoms with van der Waals surface area (Å²) in [6.45, 7) is 0.222. The van der Waals surface area contributed by atoms with Crippen molar-refractivity contribution in [3.63, 3.8) is 0 Å². The van der Waals surface area contributed by atoms with Crippen LogP contribution < -0.4 is 5.73 Å². The van der Waals surface area contributed by atoms with E-state index in [9.17, 15) is 0 Å². The van der Waals surface area contributed by atoms with Gasteiger partial charge in [0.2, 0.25) is 0 Å². The number of hydrogen-bond acceptors (Lipinski definition) is 3. The summed E-state index contributed by atoms with van der Waals surface area (Å²) in [5.74, 6) is 0. The molecule has 0 fully saturated rings. The van der Waals surface area contributed by atoms with Crippen LogP contribution in [-0.2, 0) is 0 Å². The Labute approximate surface area is 84.5 Å². The third kappa shape index (κ3) is 2.86. The van der Waals surface area contributed by atoms with Crippen LogP contribution in [0, 0.1) is 0 Å². The van der Waals surface area contributed by atoms with E-state index in [4.69, 9.17) is 10.8 Å². The number of thiophene rings is 1. The Morgan fingerprint density at radius 2 is 2.33 bits per heavy atom. The van der Waals surface area contributed by atoms with Crippen molar-refractivity contribution in [3.05, 3.63) is 20.8 Å². The van der Waals surface area contributed by atoms with Gasteiger partial charge in [-0.15, -0.1) is 11.3 Å². The second-order valence-electron chi connectivity index (χ2n) is 2.61. The first-order valence-corrected chi connectivity index (χ1v) is 5.46. The molecule has 3 N–H and O–H groups in total. The second-order valence-corrected chi connectivity index (χ2v) is 5.11. The van der Waals surface area contributed by atoms with Crippen LogP contribution in [-0.4, -0.2) is 11.7 Å². The summed E-state index contributed by atoms with van der Waals surface area (Å²) in [5.41, 5.74) is 5.87. The van der Waals surface area contributed by atoms with E-state index < -0.39 is 0 Å². The zero-order valence-electron chi connectivity index (χ0n) is 6.66. The maximum Gasteiger partial charge on any atom is 0.0701 e. The van der Waals surface area contributed by atoms with Crippen LogP contribution in [0.5, 0.6) is 0 Å². The molecule has 0 saturated heterocycles. The van der Waals surface area contributed by atoms with Gasteiger partial charge >= 0.3 is 0 Å². The molecule has 4 heteroatoms. The third-order valence-corrected chi connectivity index (χ3v) is 3.39. The molecule has 1 atom stereocenters. The molecule has 0 amide bonds. The molecule has 1 rings (SSSR count). The molecule has 12 heavy (non-hydrogen) atoms. The average Bonchev–Trinajstić information content (AvgIpc) is 2.47. The fourth-order valence-electron chi connectivity index (χ4n) is 0.981. The number of aliphatic hydroxyl groups is 1. The SMILES string of the molecule is N[C@H](CCCO)c1ccc(Br)s1. The molecule has 1 aromatic heterocycles. The van der Waals surface area contributed by atoms with Gasteiger partial charge in [0.05, 0.1) is 3.79 Å². The lowest BCUT2D eigenvalue weighted by Gasteiger charge is -2.06. The normalized spacial score (nSPS) is 13.2. The highest BCUT2D eigenvalue weighted by atomic mass is 79.9. The molecule has 0 aliphatic heterocycles. The first-order valence-electron chi connectivity index (χ1n) is 3.85. The average molecular weight is 250 g/mol. The van der Waals surface area contributed by atoms with Gasteiger partial charge in [0.25, 0.3) is 0 Å². The van der Waals surface area contributed by atoms with Crippen LogP contribution in [0.2, 0.25) is 0 Å². The highest BCUT2D eigenvalue weighted by Gasteiger charge is 2.07. The van der Waals surface area contributed by atoms with Crippen molar-refractivity contribution >= 4 is 27.3 Å². The number of halogens is 1. The number of rotatable bonds is 4. The topological polar surface area (TPSA) is 46.2 Å². The van der Waals surface area contributed by atoms with E-state index in [0.717, 1.165) is 16.6 Å². The third-order valence-electron chi connectivity index (χ3n) is 1.63. The zero-order valence-corrected chi connectivity index (χ0v) is 9.07. The molecule has 0 spiro atoms. The van der Waals surface area contributed by atoms with E-state index >= 15 is 0 Å². The van der Waals surface area contributed by atoms with Crippen LogP contribution in [0.4, 0.5) is 0 Å². The lowest BCUT2D eigenvalue weighted by molar-refractivity contribution is 0.280. The maximum absolute atomic E-state index is 8.61. The fraction of sp³-hybridized carbons (Fsp3) is 0.500. The summed E-state index contributed by atoms with van der Waals surface area (Å²) < 4.78 is 1.11. The number of aliphatic hydroxyl groups excluding tert-OH is 1. The van der Waals surface area contributed by atoms with Gasteiger partial charge in [0, 0.05) is 17.5 Å². The Bertz CT molecular complexity index is 239. The highest BCUT2D eigenvalue weighted by Crippen LogP contribution is 2.27. The van der Waals surface area contributed by atoms with Crippen molar-refractivity contribution in [2.75, 3.05) is 6.61 Å². The smallest absolute Gasteiger partial charge is 0.0701 e. The molecule has 0 bridgehead atoms. The standard InChI is InChI=1S/C8H12BrNOS/c9-8-4-3-7(12-8)6(10)2-1-5-11/h3-4,6,11H,1-2,5,10H2/t6-/m1/s1. The van der Waals surface area contributed by atoms with Crippen molar-refractivity contribution in [2.24, 2.45) is 5.73 Å². The van der Waals surface area contributed by atoms with Crippen LogP contribution in [0.3, 0.4) is 0 Å². The predicted octanol–water partition coefficient (Wildman–Crippen LogP) is 2.28. The maximum atomic E-state index is 8.61. The van der Waals surface area contributed by atoms with Crippen LogP contribution in [0.25, 0.3) is 0 Å². The molecule has 2 nitrogen and oxygen atoms in total. The van der Waals surface area contributed by atoms with E-state index in [0.29, 0.717) is 0 Å². The minimum atomic E-state index is 0.0773. The fourth-order valence-corrected chi connectivity index (χ4v) is 2.44. The molecule has 0 aliphatic carbocycles. The molecule has 0 aromatic carbocycles. The Morgan fingerprint density at radius 1 is 1.58 bits per heavy atom. The number of nitrogens with two attached hydrogens (primary N) is 1. The minimum Gasteiger partial charge on any atom is -0.396 e. The van der Waals surface area contributed by atoms with Crippen LogP contribution >= 0.6 is 27.3 Å². The lowest BCUT2D eigenvalue weighted by Crippen LogP contribution is -2.08. The van der Waals surface area contributed by atoms with Crippen molar-refractivity contribution in [3.8, 4) is 0 Å². The molecule has 0 radical (unpaired) electrons. The van der Waals surface area contributed by atoms with E-state index in [2.05, 4.69) is 15.9 Å². The minimum absolute atomic E-state index is 0.0773. The van der Waals surface area contributed by atoms with Gasteiger partial charge < -0.3 is 10.8 Å². The summed E-state index contributed by atoms with van der Waals surface area (Å²) >= 11 is 5.04. The quantitative estimate of drug-likeness (QED) is 0.861. The largest absolute Gasteiger partial charge is 0.396 e. The van der Waals surface area contributed by atoms with E-state index in [1.807, 2.05) is 12.1 Å². The van der Waals surface area contributed by atoms with Crippen LogP contribution in [0.1, 0.15) is 23.8 Å². The zero-order chi connectivity index (χ0) is 8.97. The Morgan fingerprint density at radius 3 is 2.83 bits per heavy atom. The summed E-state index contributed by atoms with van der Waals surface area (Å²) in [5, 5.41) is 8.61. The molecule has 68 valence electrons. The van der Waals surface area contributed by atoms with Gasteiger partial charge in [-0.05, 0) is 40.9 Å². The van der Waals surface area contributed by atoms with Crippen molar-refractivity contribution in [1.29, 1.82) is 0 Å². The van der Waals surface area contributed by atoms with E-state index in [-0.39, 0.29) is 12.6 Å². The summed E-state index contributed by atoms with van der Waals surface area (Å²) in [6, 6.07) is 4.10.